The van der Waals surface area contributed by atoms with Crippen molar-refractivity contribution in [1.82, 2.24) is 0 Å². The summed E-state index contributed by atoms with van der Waals surface area (Å²) in [4.78, 5) is 0. The summed E-state index contributed by atoms with van der Waals surface area (Å²) in [6.07, 6.45) is 0. The second kappa shape index (κ2) is 5.56. The van der Waals surface area contributed by atoms with Crippen LogP contribution in [0.2, 0.25) is 0 Å². The Morgan fingerprint density at radius 2 is 0.917 bits per heavy atom. The Kier molecular flexibility index (Phi) is 6.36. The first kappa shape index (κ1) is 13.7. The normalized spacial score (nSPS) is 14.8. The molecule has 0 aliphatic heterocycles. The van der Waals surface area contributed by atoms with Crippen molar-refractivity contribution in [1.29, 1.82) is 0 Å². The number of hydrogen-bond donors (Lipinski definition) is 0. The summed E-state index contributed by atoms with van der Waals surface area (Å²) in [5, 5.41) is 1.12. The molecule has 0 bridgehead atoms. The number of rotatable bonds is 1. The second-order valence-corrected chi connectivity index (χ2v) is 24.6. The average molecular weight is 326 g/mol. The molecule has 0 spiro atoms. The fourth-order valence-corrected chi connectivity index (χ4v) is 31.5. The fourth-order valence-electron chi connectivity index (χ4n) is 0.308. The predicted octanol–water partition coefficient (Wildman–Crippen LogP) is 3.63. The predicted molar refractivity (Wildman–Crippen MR) is 64.9 cm³/mol. The minimum absolute atomic E-state index is 0.559. The summed E-state index contributed by atoms with van der Waals surface area (Å²) in [5.41, 5.74) is 0. The molecule has 0 aromatic carbocycles. The van der Waals surface area contributed by atoms with Crippen LogP contribution in [0.1, 0.15) is 41.5 Å². The van der Waals surface area contributed by atoms with E-state index in [1.54, 1.807) is 13.4 Å². The molecule has 0 atom stereocenters. The molecule has 0 nitrogen and oxygen atoms in total. The molecule has 0 aliphatic rings. The van der Waals surface area contributed by atoms with Crippen LogP contribution in [0.5, 0.6) is 0 Å². The zero-order valence-electron chi connectivity index (χ0n) is 8.79. The van der Waals surface area contributed by atoms with Crippen LogP contribution in [-0.2, 0) is 0 Å². The molecular formula is C8H18As2P2. The molecule has 0 saturated heterocycles. The van der Waals surface area contributed by atoms with Crippen LogP contribution in [0, 0.1) is 0 Å². The van der Waals surface area contributed by atoms with Crippen molar-refractivity contribution in [3.63, 3.8) is 0 Å². The van der Waals surface area contributed by atoms with E-state index in [0.29, 0.717) is 35.8 Å². The summed E-state index contributed by atoms with van der Waals surface area (Å²) in [6, 6.07) is 0. The Balaban J connectivity index is 4.00. The first-order valence-corrected chi connectivity index (χ1v) is 16.0. The average Bonchev–Trinajstić information content (AvgIpc) is 1.76. The molecule has 12 heavy (non-hydrogen) atoms. The molecule has 0 fully saturated rings. The Bertz CT molecular complexity index is 162. The molecule has 0 saturated carbocycles. The van der Waals surface area contributed by atoms with Gasteiger partial charge in [0.2, 0.25) is 0 Å². The SMILES string of the molecule is CC(C)(C)P=[As][As]=PC(C)(C)C. The summed E-state index contributed by atoms with van der Waals surface area (Å²) in [7, 11) is 0. The summed E-state index contributed by atoms with van der Waals surface area (Å²) in [6.45, 7) is 17.5. The van der Waals surface area contributed by atoms with Gasteiger partial charge in [-0.3, -0.25) is 0 Å². The van der Waals surface area contributed by atoms with Gasteiger partial charge in [0, 0.05) is 0 Å². The third kappa shape index (κ3) is 11.7. The molecule has 0 rings (SSSR count). The molecule has 70 valence electrons. The van der Waals surface area contributed by atoms with Gasteiger partial charge in [-0.1, -0.05) is 0 Å². The molecule has 0 aromatic rings. The van der Waals surface area contributed by atoms with E-state index in [1.165, 1.54) is 0 Å². The third-order valence-electron chi connectivity index (χ3n) is 0.729. The first-order chi connectivity index (χ1) is 5.21. The molecular weight excluding hydrogens is 308 g/mol. The van der Waals surface area contributed by atoms with Gasteiger partial charge in [-0.05, 0) is 0 Å². The first-order valence-electron chi connectivity index (χ1n) is 4.05. The van der Waals surface area contributed by atoms with Crippen LogP contribution in [-0.4, -0.2) is 35.8 Å². The van der Waals surface area contributed by atoms with E-state index >= 15 is 0 Å². The van der Waals surface area contributed by atoms with Gasteiger partial charge in [-0.2, -0.15) is 0 Å². The van der Waals surface area contributed by atoms with E-state index < -0.39 is 0 Å². The van der Waals surface area contributed by atoms with Crippen LogP contribution in [0.25, 0.3) is 0 Å². The van der Waals surface area contributed by atoms with E-state index in [4.69, 9.17) is 0 Å². The molecule has 0 radical (unpaired) electrons. The topological polar surface area (TPSA) is 0 Å². The van der Waals surface area contributed by atoms with Crippen molar-refractivity contribution in [2.45, 2.75) is 51.9 Å². The van der Waals surface area contributed by atoms with Gasteiger partial charge >= 0.3 is 90.7 Å². The Hall–Kier alpha value is 1.72. The molecule has 4 heteroatoms. The molecule has 0 N–H and O–H groups in total. The second-order valence-electron chi connectivity index (χ2n) is 4.72. The van der Waals surface area contributed by atoms with Crippen LogP contribution in [0.3, 0.4) is 0 Å². The van der Waals surface area contributed by atoms with Crippen LogP contribution >= 0.6 is 13.4 Å². The van der Waals surface area contributed by atoms with Crippen LogP contribution in [0.4, 0.5) is 0 Å². The minimum atomic E-state index is 0.559. The Labute approximate surface area is 90.3 Å². The molecule has 0 amide bonds. The van der Waals surface area contributed by atoms with Gasteiger partial charge in [-0.15, -0.1) is 0 Å². The summed E-state index contributed by atoms with van der Waals surface area (Å²) >= 11 is 1.32. The van der Waals surface area contributed by atoms with Gasteiger partial charge < -0.3 is 0 Å². The van der Waals surface area contributed by atoms with Gasteiger partial charge in [0.1, 0.15) is 0 Å². The number of hydrogen-bond acceptors (Lipinski definition) is 0. The van der Waals surface area contributed by atoms with Crippen molar-refractivity contribution >= 4 is 38.9 Å². The van der Waals surface area contributed by atoms with Gasteiger partial charge in [-0.25, -0.2) is 0 Å². The van der Waals surface area contributed by atoms with Crippen LogP contribution in [0.15, 0.2) is 0 Å². The Morgan fingerprint density at radius 3 is 1.08 bits per heavy atom. The van der Waals surface area contributed by atoms with E-state index in [9.17, 15) is 0 Å². The quantitative estimate of drug-likeness (QED) is 0.510. The van der Waals surface area contributed by atoms with Gasteiger partial charge in [0.05, 0.1) is 0 Å². The maximum atomic E-state index is 2.35. The Morgan fingerprint density at radius 1 is 0.667 bits per heavy atom. The van der Waals surface area contributed by atoms with Gasteiger partial charge in [0.25, 0.3) is 0 Å². The fraction of sp³-hybridized carbons (Fsp3) is 1.00. The summed E-state index contributed by atoms with van der Waals surface area (Å²) < 4.78 is 0. The molecule has 0 aliphatic carbocycles. The molecule has 0 heterocycles. The van der Waals surface area contributed by atoms with Crippen molar-refractivity contribution in [2.24, 2.45) is 0 Å². The van der Waals surface area contributed by atoms with Crippen molar-refractivity contribution in [2.75, 3.05) is 0 Å². The summed E-state index contributed by atoms with van der Waals surface area (Å²) in [5.74, 6) is 0. The van der Waals surface area contributed by atoms with E-state index in [2.05, 4.69) is 41.5 Å². The van der Waals surface area contributed by atoms with E-state index in [-0.39, 0.29) is 0 Å². The third-order valence-corrected chi connectivity index (χ3v) is 26.3. The van der Waals surface area contributed by atoms with Crippen LogP contribution < -0.4 is 0 Å². The standard InChI is InChI=1S/C8H18As2P2/c1-7(2,3)11-9-10-12-8(4,5)6/h1-6H3. The van der Waals surface area contributed by atoms with Crippen molar-refractivity contribution in [3.05, 3.63) is 0 Å². The van der Waals surface area contributed by atoms with Gasteiger partial charge in [0.15, 0.2) is 0 Å². The zero-order valence-corrected chi connectivity index (χ0v) is 14.3. The van der Waals surface area contributed by atoms with E-state index in [1.807, 2.05) is 0 Å². The van der Waals surface area contributed by atoms with E-state index in [0.717, 1.165) is 0 Å². The van der Waals surface area contributed by atoms with Crippen molar-refractivity contribution < 1.29 is 0 Å². The molecule has 0 aromatic heterocycles. The molecule has 0 unspecified atom stereocenters. The maximum absolute atomic E-state index is 2.35. The monoisotopic (exact) mass is 326 g/mol. The van der Waals surface area contributed by atoms with Crippen molar-refractivity contribution in [3.8, 4) is 0 Å². The zero-order chi connectivity index (χ0) is 9.83.